The standard InChI is InChI=1S/C13H15ClN4O/c1-4-9-7-5-6-8-10(9)19-13-16-11(14)15-12(17-13)18(2)3/h5-8H,4H2,1-3H3. The Bertz CT molecular complexity index is 574. The Hall–Kier alpha value is -1.88. The van der Waals surface area contributed by atoms with Crippen LogP contribution >= 0.6 is 11.6 Å². The number of halogens is 1. The molecule has 0 spiro atoms. The summed E-state index contributed by atoms with van der Waals surface area (Å²) in [5, 5.41) is 0.114. The lowest BCUT2D eigenvalue weighted by atomic mass is 10.1. The van der Waals surface area contributed by atoms with Crippen molar-refractivity contribution in [1.29, 1.82) is 0 Å². The highest BCUT2D eigenvalue weighted by molar-refractivity contribution is 6.28. The summed E-state index contributed by atoms with van der Waals surface area (Å²) in [6.45, 7) is 2.06. The third-order valence-electron chi connectivity index (χ3n) is 2.53. The van der Waals surface area contributed by atoms with Crippen molar-refractivity contribution >= 4 is 17.5 Å². The molecule has 0 unspecified atom stereocenters. The third kappa shape index (κ3) is 3.32. The van der Waals surface area contributed by atoms with Crippen molar-refractivity contribution in [1.82, 2.24) is 15.0 Å². The molecule has 1 aromatic carbocycles. The average Bonchev–Trinajstić information content (AvgIpc) is 2.38. The lowest BCUT2D eigenvalue weighted by Crippen LogP contribution is -2.13. The number of hydrogen-bond acceptors (Lipinski definition) is 5. The number of aryl methyl sites for hydroxylation is 1. The predicted molar refractivity (Wildman–Crippen MR) is 75.1 cm³/mol. The van der Waals surface area contributed by atoms with E-state index in [0.29, 0.717) is 5.95 Å². The van der Waals surface area contributed by atoms with E-state index in [1.807, 2.05) is 38.4 Å². The zero-order chi connectivity index (χ0) is 13.8. The molecule has 19 heavy (non-hydrogen) atoms. The van der Waals surface area contributed by atoms with Gasteiger partial charge in [-0.15, -0.1) is 0 Å². The fourth-order valence-electron chi connectivity index (χ4n) is 1.56. The maximum absolute atomic E-state index is 5.87. The van der Waals surface area contributed by atoms with E-state index in [-0.39, 0.29) is 11.3 Å². The van der Waals surface area contributed by atoms with E-state index in [2.05, 4.69) is 21.9 Å². The molecule has 1 aromatic heterocycles. The van der Waals surface area contributed by atoms with E-state index in [1.165, 1.54) is 0 Å². The van der Waals surface area contributed by atoms with Gasteiger partial charge in [-0.3, -0.25) is 0 Å². The van der Waals surface area contributed by atoms with Gasteiger partial charge < -0.3 is 9.64 Å². The number of ether oxygens (including phenoxy) is 1. The molecule has 0 radical (unpaired) electrons. The predicted octanol–water partition coefficient (Wildman–Crippen LogP) is 2.95. The van der Waals surface area contributed by atoms with Crippen molar-refractivity contribution in [2.45, 2.75) is 13.3 Å². The zero-order valence-corrected chi connectivity index (χ0v) is 11.8. The van der Waals surface area contributed by atoms with E-state index in [0.717, 1.165) is 17.7 Å². The van der Waals surface area contributed by atoms with Crippen LogP contribution in [0.5, 0.6) is 11.8 Å². The molecule has 0 aliphatic heterocycles. The van der Waals surface area contributed by atoms with Crippen LogP contribution in [0.25, 0.3) is 0 Å². The van der Waals surface area contributed by atoms with Crippen LogP contribution in [0, 0.1) is 0 Å². The van der Waals surface area contributed by atoms with Crippen molar-refractivity contribution in [3.05, 3.63) is 35.1 Å². The molecule has 0 aliphatic carbocycles. The normalized spacial score (nSPS) is 10.3. The maximum atomic E-state index is 5.87. The number of rotatable bonds is 4. The van der Waals surface area contributed by atoms with Crippen molar-refractivity contribution in [2.24, 2.45) is 0 Å². The van der Waals surface area contributed by atoms with Crippen LogP contribution in [0.15, 0.2) is 24.3 Å². The average molecular weight is 279 g/mol. The van der Waals surface area contributed by atoms with E-state index in [1.54, 1.807) is 4.90 Å². The molecule has 0 amide bonds. The molecule has 1 heterocycles. The number of para-hydroxylation sites is 1. The molecular formula is C13H15ClN4O. The van der Waals surface area contributed by atoms with E-state index < -0.39 is 0 Å². The van der Waals surface area contributed by atoms with Gasteiger partial charge in [-0.05, 0) is 29.7 Å². The van der Waals surface area contributed by atoms with Crippen LogP contribution in [0.1, 0.15) is 12.5 Å². The Morgan fingerprint density at radius 2 is 1.89 bits per heavy atom. The first-order valence-corrected chi connectivity index (χ1v) is 6.32. The molecule has 2 rings (SSSR count). The fraction of sp³-hybridized carbons (Fsp3) is 0.308. The monoisotopic (exact) mass is 278 g/mol. The summed E-state index contributed by atoms with van der Waals surface area (Å²) in [5.41, 5.74) is 1.09. The first kappa shape index (κ1) is 13.5. The molecule has 0 saturated carbocycles. The summed E-state index contributed by atoms with van der Waals surface area (Å²) in [6, 6.07) is 7.96. The molecule has 5 nitrogen and oxygen atoms in total. The lowest BCUT2D eigenvalue weighted by molar-refractivity contribution is 0.435. The highest BCUT2D eigenvalue weighted by Gasteiger charge is 2.10. The minimum Gasteiger partial charge on any atom is -0.424 e. The smallest absolute Gasteiger partial charge is 0.328 e. The minimum absolute atomic E-state index is 0.114. The molecule has 0 atom stereocenters. The summed E-state index contributed by atoms with van der Waals surface area (Å²) in [5.74, 6) is 1.20. The summed E-state index contributed by atoms with van der Waals surface area (Å²) in [6.07, 6.45) is 0.871. The second-order valence-corrected chi connectivity index (χ2v) is 4.48. The molecule has 6 heteroatoms. The summed E-state index contributed by atoms with van der Waals surface area (Å²) in [4.78, 5) is 13.9. The fourth-order valence-corrected chi connectivity index (χ4v) is 1.71. The number of benzene rings is 1. The van der Waals surface area contributed by atoms with Gasteiger partial charge in [0.1, 0.15) is 5.75 Å². The zero-order valence-electron chi connectivity index (χ0n) is 11.1. The van der Waals surface area contributed by atoms with Crippen LogP contribution in [-0.4, -0.2) is 29.0 Å². The second kappa shape index (κ2) is 5.84. The van der Waals surface area contributed by atoms with Gasteiger partial charge in [0.05, 0.1) is 0 Å². The van der Waals surface area contributed by atoms with Crippen molar-refractivity contribution in [2.75, 3.05) is 19.0 Å². The Kier molecular flexibility index (Phi) is 4.16. The first-order valence-electron chi connectivity index (χ1n) is 5.94. The number of aromatic nitrogens is 3. The first-order chi connectivity index (χ1) is 9.10. The summed E-state index contributed by atoms with van der Waals surface area (Å²) >= 11 is 5.87. The highest BCUT2D eigenvalue weighted by Crippen LogP contribution is 2.24. The largest absolute Gasteiger partial charge is 0.424 e. The molecule has 0 N–H and O–H groups in total. The third-order valence-corrected chi connectivity index (χ3v) is 2.70. The Morgan fingerprint density at radius 1 is 1.16 bits per heavy atom. The number of nitrogens with zero attached hydrogens (tertiary/aromatic N) is 4. The summed E-state index contributed by atoms with van der Waals surface area (Å²) < 4.78 is 5.70. The van der Waals surface area contributed by atoms with Crippen LogP contribution in [-0.2, 0) is 6.42 Å². The van der Waals surface area contributed by atoms with Gasteiger partial charge in [-0.25, -0.2) is 0 Å². The molecular weight excluding hydrogens is 264 g/mol. The summed E-state index contributed by atoms with van der Waals surface area (Å²) in [7, 11) is 3.66. The van der Waals surface area contributed by atoms with Crippen LogP contribution < -0.4 is 9.64 Å². The van der Waals surface area contributed by atoms with Crippen LogP contribution in [0.2, 0.25) is 5.28 Å². The van der Waals surface area contributed by atoms with Crippen molar-refractivity contribution in [3.8, 4) is 11.8 Å². The lowest BCUT2D eigenvalue weighted by Gasteiger charge is -2.12. The van der Waals surface area contributed by atoms with Gasteiger partial charge in [0.25, 0.3) is 0 Å². The molecule has 0 bridgehead atoms. The highest BCUT2D eigenvalue weighted by atomic mass is 35.5. The van der Waals surface area contributed by atoms with Gasteiger partial charge >= 0.3 is 6.01 Å². The Morgan fingerprint density at radius 3 is 2.58 bits per heavy atom. The molecule has 0 fully saturated rings. The quantitative estimate of drug-likeness (QED) is 0.861. The Balaban J connectivity index is 2.32. The maximum Gasteiger partial charge on any atom is 0.328 e. The molecule has 0 aliphatic rings. The van der Waals surface area contributed by atoms with Crippen LogP contribution in [0.4, 0.5) is 5.95 Å². The number of hydrogen-bond donors (Lipinski definition) is 0. The Labute approximate surface area is 117 Å². The molecule has 2 aromatic rings. The minimum atomic E-state index is 0.114. The second-order valence-electron chi connectivity index (χ2n) is 4.14. The van der Waals surface area contributed by atoms with Gasteiger partial charge in [0, 0.05) is 14.1 Å². The van der Waals surface area contributed by atoms with Crippen LogP contribution in [0.3, 0.4) is 0 Å². The van der Waals surface area contributed by atoms with Gasteiger partial charge in [-0.2, -0.15) is 15.0 Å². The van der Waals surface area contributed by atoms with Crippen molar-refractivity contribution < 1.29 is 4.74 Å². The topological polar surface area (TPSA) is 51.1 Å². The number of anilines is 1. The van der Waals surface area contributed by atoms with E-state index in [9.17, 15) is 0 Å². The van der Waals surface area contributed by atoms with Gasteiger partial charge in [-0.1, -0.05) is 25.1 Å². The van der Waals surface area contributed by atoms with Gasteiger partial charge in [0.2, 0.25) is 11.2 Å². The van der Waals surface area contributed by atoms with E-state index in [4.69, 9.17) is 16.3 Å². The van der Waals surface area contributed by atoms with Gasteiger partial charge in [0.15, 0.2) is 0 Å². The molecule has 0 saturated heterocycles. The molecule has 100 valence electrons. The SMILES string of the molecule is CCc1ccccc1Oc1nc(Cl)nc(N(C)C)n1. The van der Waals surface area contributed by atoms with E-state index >= 15 is 0 Å². The van der Waals surface area contributed by atoms with Crippen molar-refractivity contribution in [3.63, 3.8) is 0 Å².